The van der Waals surface area contributed by atoms with Crippen LogP contribution in [0.5, 0.6) is 0 Å². The van der Waals surface area contributed by atoms with Gasteiger partial charge in [0, 0.05) is 13.1 Å². The molecule has 2 atom stereocenters. The Labute approximate surface area is 139 Å². The van der Waals surface area contributed by atoms with Crippen molar-refractivity contribution in [3.63, 3.8) is 0 Å². The lowest BCUT2D eigenvalue weighted by Crippen LogP contribution is -2.45. The highest BCUT2D eigenvalue weighted by Gasteiger charge is 2.25. The predicted octanol–water partition coefficient (Wildman–Crippen LogP) is 2.56. The van der Waals surface area contributed by atoms with E-state index in [9.17, 15) is 9.59 Å². The number of carbonyl (C=O) groups excluding carboxylic acids is 1. The number of hydrogen-bond donors (Lipinski definition) is 1. The van der Waals surface area contributed by atoms with Gasteiger partial charge in [-0.05, 0) is 42.6 Å². The molecule has 6 heteroatoms. The maximum Gasteiger partial charge on any atom is 0.262 e. The van der Waals surface area contributed by atoms with Crippen molar-refractivity contribution in [2.24, 2.45) is 11.8 Å². The highest BCUT2D eigenvalue weighted by atomic mass is 32.1. The normalized spacial score (nSPS) is 21.6. The van der Waals surface area contributed by atoms with E-state index in [1.54, 1.807) is 12.1 Å². The molecule has 2 unspecified atom stereocenters. The number of H-pyrrole nitrogens is 1. The Morgan fingerprint density at radius 2 is 1.91 bits per heavy atom. The lowest BCUT2D eigenvalue weighted by atomic mass is 9.92. The largest absolute Gasteiger partial charge is 0.341 e. The number of nitrogens with one attached hydrogen (secondary N) is 1. The van der Waals surface area contributed by atoms with Crippen molar-refractivity contribution in [1.29, 1.82) is 0 Å². The highest BCUT2D eigenvalue weighted by molar-refractivity contribution is 7.71. The van der Waals surface area contributed by atoms with Crippen molar-refractivity contribution in [1.82, 2.24) is 14.5 Å². The Morgan fingerprint density at radius 3 is 2.61 bits per heavy atom. The smallest absolute Gasteiger partial charge is 0.262 e. The van der Waals surface area contributed by atoms with E-state index in [2.05, 4.69) is 18.8 Å². The van der Waals surface area contributed by atoms with E-state index in [1.165, 1.54) is 4.57 Å². The molecule has 5 nitrogen and oxygen atoms in total. The number of hydrogen-bond acceptors (Lipinski definition) is 3. The average Bonchev–Trinajstić information content (AvgIpc) is 2.50. The molecule has 0 radical (unpaired) electrons. The Bertz CT molecular complexity index is 845. The number of likely N-dealkylation sites (tertiary alicyclic amines) is 1. The molecule has 1 fully saturated rings. The van der Waals surface area contributed by atoms with Crippen LogP contribution in [0.4, 0.5) is 0 Å². The van der Waals surface area contributed by atoms with Crippen LogP contribution in [0.25, 0.3) is 10.9 Å². The number of aromatic amines is 1. The topological polar surface area (TPSA) is 58.1 Å². The molecule has 1 aliphatic heterocycles. The van der Waals surface area contributed by atoms with Gasteiger partial charge in [-0.2, -0.15) is 0 Å². The zero-order valence-corrected chi connectivity index (χ0v) is 14.2. The molecule has 1 aromatic carbocycles. The number of amides is 1. The number of piperidine rings is 1. The molecule has 0 bridgehead atoms. The summed E-state index contributed by atoms with van der Waals surface area (Å²) in [7, 11) is 0. The number of aromatic nitrogens is 2. The molecule has 0 spiro atoms. The lowest BCUT2D eigenvalue weighted by molar-refractivity contribution is -0.134. The molecular weight excluding hydrogens is 310 g/mol. The van der Waals surface area contributed by atoms with Gasteiger partial charge in [-0.3, -0.25) is 14.2 Å². The number of carbonyl (C=O) groups is 1. The minimum absolute atomic E-state index is 0.00155. The number of fused-ring (bicyclic) bond motifs is 1. The molecule has 3 rings (SSSR count). The first-order valence-corrected chi connectivity index (χ1v) is 8.36. The van der Waals surface area contributed by atoms with E-state index in [4.69, 9.17) is 12.2 Å². The fourth-order valence-corrected chi connectivity index (χ4v) is 3.70. The van der Waals surface area contributed by atoms with Gasteiger partial charge in [-0.1, -0.05) is 26.0 Å². The maximum atomic E-state index is 12.6. The average molecular weight is 331 g/mol. The molecular formula is C17H21N3O2S. The van der Waals surface area contributed by atoms with Crippen LogP contribution in [0.1, 0.15) is 20.3 Å². The second-order valence-corrected chi connectivity index (χ2v) is 7.00. The van der Waals surface area contributed by atoms with Crippen LogP contribution in [0.15, 0.2) is 29.1 Å². The molecule has 23 heavy (non-hydrogen) atoms. The zero-order chi connectivity index (χ0) is 16.6. The maximum absolute atomic E-state index is 12.6. The SMILES string of the molecule is CC1CC(C)CN(C(=O)Cn2c(=S)[nH]c3ccccc3c2=O)C1. The molecule has 1 aliphatic rings. The van der Waals surface area contributed by atoms with Crippen molar-refractivity contribution >= 4 is 29.0 Å². The summed E-state index contributed by atoms with van der Waals surface area (Å²) in [5.74, 6) is 0.941. The molecule has 122 valence electrons. The molecule has 1 aromatic heterocycles. The Hall–Kier alpha value is -1.95. The van der Waals surface area contributed by atoms with Crippen molar-refractivity contribution in [2.75, 3.05) is 13.1 Å². The van der Waals surface area contributed by atoms with Gasteiger partial charge >= 0.3 is 0 Å². The lowest BCUT2D eigenvalue weighted by Gasteiger charge is -2.35. The molecule has 0 saturated carbocycles. The first-order valence-electron chi connectivity index (χ1n) is 7.95. The van der Waals surface area contributed by atoms with Gasteiger partial charge in [0.15, 0.2) is 4.77 Å². The van der Waals surface area contributed by atoms with Gasteiger partial charge in [-0.25, -0.2) is 0 Å². The van der Waals surface area contributed by atoms with Crippen LogP contribution in [-0.4, -0.2) is 33.4 Å². The van der Waals surface area contributed by atoms with Gasteiger partial charge in [-0.15, -0.1) is 0 Å². The summed E-state index contributed by atoms with van der Waals surface area (Å²) in [6.07, 6.45) is 1.14. The van der Waals surface area contributed by atoms with Crippen LogP contribution in [0, 0.1) is 16.6 Å². The Kier molecular flexibility index (Phi) is 4.35. The predicted molar refractivity (Wildman–Crippen MR) is 92.9 cm³/mol. The quantitative estimate of drug-likeness (QED) is 0.861. The van der Waals surface area contributed by atoms with Crippen molar-refractivity contribution in [2.45, 2.75) is 26.8 Å². The van der Waals surface area contributed by atoms with E-state index < -0.39 is 0 Å². The first kappa shape index (κ1) is 15.9. The molecule has 1 N–H and O–H groups in total. The minimum Gasteiger partial charge on any atom is -0.341 e. The van der Waals surface area contributed by atoms with E-state index in [-0.39, 0.29) is 18.0 Å². The number of rotatable bonds is 2. The van der Waals surface area contributed by atoms with Crippen molar-refractivity contribution in [3.05, 3.63) is 39.4 Å². The summed E-state index contributed by atoms with van der Waals surface area (Å²) in [5, 5.41) is 0.550. The second-order valence-electron chi connectivity index (χ2n) is 6.61. The zero-order valence-electron chi connectivity index (χ0n) is 13.4. The summed E-state index contributed by atoms with van der Waals surface area (Å²) in [4.78, 5) is 30.1. The standard InChI is InChI=1S/C17H21N3O2S/c1-11-7-12(2)9-19(8-11)15(21)10-20-16(22)13-5-3-4-6-14(13)18-17(20)23/h3-6,11-12H,7-10H2,1-2H3,(H,18,23). The Balaban J connectivity index is 1.91. The number of para-hydroxylation sites is 1. The number of benzene rings is 1. The fraction of sp³-hybridized carbons (Fsp3) is 0.471. The molecule has 1 amide bonds. The summed E-state index contributed by atoms with van der Waals surface area (Å²) in [6, 6.07) is 7.21. The highest BCUT2D eigenvalue weighted by Crippen LogP contribution is 2.21. The van der Waals surface area contributed by atoms with E-state index in [1.807, 2.05) is 17.0 Å². The van der Waals surface area contributed by atoms with Gasteiger partial charge in [0.1, 0.15) is 6.54 Å². The van der Waals surface area contributed by atoms with Crippen LogP contribution in [-0.2, 0) is 11.3 Å². The molecule has 2 heterocycles. The number of nitrogens with zero attached hydrogens (tertiary/aromatic N) is 2. The summed E-state index contributed by atoms with van der Waals surface area (Å²) in [6.45, 7) is 5.82. The molecule has 0 aliphatic carbocycles. The summed E-state index contributed by atoms with van der Waals surface area (Å²) < 4.78 is 1.66. The Morgan fingerprint density at radius 1 is 1.26 bits per heavy atom. The molecule has 2 aromatic rings. The van der Waals surface area contributed by atoms with Crippen molar-refractivity contribution < 1.29 is 4.79 Å². The molecule has 1 saturated heterocycles. The summed E-state index contributed by atoms with van der Waals surface area (Å²) in [5.41, 5.74) is 0.488. The van der Waals surface area contributed by atoms with E-state index in [0.717, 1.165) is 19.5 Å². The minimum atomic E-state index is -0.212. The van der Waals surface area contributed by atoms with Crippen LogP contribution < -0.4 is 5.56 Å². The third-order valence-electron chi connectivity index (χ3n) is 4.40. The summed E-state index contributed by atoms with van der Waals surface area (Å²) >= 11 is 5.27. The van der Waals surface area contributed by atoms with Crippen LogP contribution in [0.2, 0.25) is 0 Å². The van der Waals surface area contributed by atoms with E-state index in [0.29, 0.717) is 27.5 Å². The van der Waals surface area contributed by atoms with Crippen LogP contribution >= 0.6 is 12.2 Å². The van der Waals surface area contributed by atoms with Gasteiger partial charge < -0.3 is 9.88 Å². The van der Waals surface area contributed by atoms with Gasteiger partial charge in [0.2, 0.25) is 5.91 Å². The van der Waals surface area contributed by atoms with Gasteiger partial charge in [0.05, 0.1) is 10.9 Å². The third-order valence-corrected chi connectivity index (χ3v) is 4.73. The van der Waals surface area contributed by atoms with E-state index >= 15 is 0 Å². The van der Waals surface area contributed by atoms with Crippen LogP contribution in [0.3, 0.4) is 0 Å². The van der Waals surface area contributed by atoms with Crippen molar-refractivity contribution in [3.8, 4) is 0 Å². The van der Waals surface area contributed by atoms with Gasteiger partial charge in [0.25, 0.3) is 5.56 Å². The second kappa shape index (κ2) is 6.28. The monoisotopic (exact) mass is 331 g/mol. The fourth-order valence-electron chi connectivity index (χ4n) is 3.44. The third kappa shape index (κ3) is 3.22. The first-order chi connectivity index (χ1) is 11.0.